The first-order valence-electron chi connectivity index (χ1n) is 6.59. The van der Waals surface area contributed by atoms with Crippen LogP contribution >= 0.6 is 11.8 Å². The summed E-state index contributed by atoms with van der Waals surface area (Å²) in [6, 6.07) is 0.236. The summed E-state index contributed by atoms with van der Waals surface area (Å²) in [5.41, 5.74) is 6.29. The van der Waals surface area contributed by atoms with Gasteiger partial charge in [-0.3, -0.25) is 0 Å². The van der Waals surface area contributed by atoms with Gasteiger partial charge in [0.15, 0.2) is 5.69 Å². The summed E-state index contributed by atoms with van der Waals surface area (Å²) in [6.07, 6.45) is 1.75. The van der Waals surface area contributed by atoms with Crippen LogP contribution in [-0.2, 0) is 11.2 Å². The van der Waals surface area contributed by atoms with Crippen LogP contribution in [0, 0.1) is 0 Å². The molecule has 1 atom stereocenters. The van der Waals surface area contributed by atoms with Gasteiger partial charge in [-0.15, -0.1) is 0 Å². The predicted octanol–water partition coefficient (Wildman–Crippen LogP) is 2.52. The zero-order chi connectivity index (χ0) is 14.4. The Morgan fingerprint density at radius 1 is 1.53 bits per heavy atom. The van der Waals surface area contributed by atoms with Gasteiger partial charge in [0, 0.05) is 12.5 Å². The molecule has 6 heteroatoms. The van der Waals surface area contributed by atoms with Crippen molar-refractivity contribution in [2.75, 3.05) is 24.3 Å². The van der Waals surface area contributed by atoms with Crippen LogP contribution in [0.25, 0.3) is 0 Å². The maximum atomic E-state index is 11.6. The molecular weight excluding hydrogens is 262 g/mol. The average molecular weight is 285 g/mol. The Bertz CT molecular complexity index is 432. The SMILES string of the molecule is CCSCCC(C)n1c(CC)nc(C(=O)OC)c1N. The number of nitrogen functional groups attached to an aromatic ring is 1. The Morgan fingerprint density at radius 3 is 2.74 bits per heavy atom. The van der Waals surface area contributed by atoms with E-state index < -0.39 is 5.97 Å². The minimum absolute atomic E-state index is 0.231. The summed E-state index contributed by atoms with van der Waals surface area (Å²) in [5, 5.41) is 0. The topological polar surface area (TPSA) is 70.1 Å². The molecular formula is C13H23N3O2S. The molecule has 1 aromatic heterocycles. The molecule has 0 aromatic carbocycles. The van der Waals surface area contributed by atoms with Crippen molar-refractivity contribution in [3.05, 3.63) is 11.5 Å². The molecule has 1 rings (SSSR count). The standard InChI is InChI=1S/C13H23N3O2S/c1-5-10-15-11(13(17)18-4)12(14)16(10)9(3)7-8-19-6-2/h9H,5-8,14H2,1-4H3. The van der Waals surface area contributed by atoms with Gasteiger partial charge in [-0.25, -0.2) is 9.78 Å². The fourth-order valence-electron chi connectivity index (χ4n) is 2.01. The van der Waals surface area contributed by atoms with Gasteiger partial charge in [0.05, 0.1) is 7.11 Å². The molecule has 1 aromatic rings. The molecule has 0 radical (unpaired) electrons. The first kappa shape index (κ1) is 15.9. The van der Waals surface area contributed by atoms with Gasteiger partial charge in [0.25, 0.3) is 0 Å². The van der Waals surface area contributed by atoms with E-state index >= 15 is 0 Å². The van der Waals surface area contributed by atoms with Crippen LogP contribution in [-0.4, -0.2) is 34.1 Å². The number of nitrogens with zero attached hydrogens (tertiary/aromatic N) is 2. The molecule has 1 unspecified atom stereocenters. The number of hydrogen-bond donors (Lipinski definition) is 1. The number of methoxy groups -OCH3 is 1. The van der Waals surface area contributed by atoms with Crippen molar-refractivity contribution in [2.24, 2.45) is 0 Å². The van der Waals surface area contributed by atoms with Crippen LogP contribution in [0.5, 0.6) is 0 Å². The highest BCUT2D eigenvalue weighted by Crippen LogP contribution is 2.24. The number of rotatable bonds is 7. The van der Waals surface area contributed by atoms with Crippen LogP contribution < -0.4 is 5.73 Å². The summed E-state index contributed by atoms with van der Waals surface area (Å²) in [5.74, 6) is 2.97. The number of aromatic nitrogens is 2. The number of nitrogens with two attached hydrogens (primary N) is 1. The third kappa shape index (κ3) is 3.65. The number of carbonyl (C=O) groups excluding carboxylic acids is 1. The molecule has 2 N–H and O–H groups in total. The van der Waals surface area contributed by atoms with Gasteiger partial charge < -0.3 is 15.0 Å². The summed E-state index contributed by atoms with van der Waals surface area (Å²) >= 11 is 1.90. The second-order valence-corrected chi connectivity index (χ2v) is 5.71. The van der Waals surface area contributed by atoms with Gasteiger partial charge in [-0.05, 0) is 24.9 Å². The van der Waals surface area contributed by atoms with Gasteiger partial charge in [0.2, 0.25) is 0 Å². The largest absolute Gasteiger partial charge is 0.464 e. The number of aryl methyl sites for hydroxylation is 1. The molecule has 5 nitrogen and oxygen atoms in total. The molecule has 0 spiro atoms. The zero-order valence-electron chi connectivity index (χ0n) is 12.1. The molecule has 0 saturated heterocycles. The van der Waals surface area contributed by atoms with Crippen molar-refractivity contribution >= 4 is 23.5 Å². The van der Waals surface area contributed by atoms with Gasteiger partial charge >= 0.3 is 5.97 Å². The van der Waals surface area contributed by atoms with Crippen molar-refractivity contribution in [2.45, 2.75) is 39.7 Å². The molecule has 0 saturated carbocycles. The fraction of sp³-hybridized carbons (Fsp3) is 0.692. The minimum atomic E-state index is -0.471. The maximum Gasteiger partial charge on any atom is 0.360 e. The molecule has 19 heavy (non-hydrogen) atoms. The first-order chi connectivity index (χ1) is 9.06. The Hall–Kier alpha value is -1.17. The lowest BCUT2D eigenvalue weighted by molar-refractivity contribution is 0.0595. The third-order valence-electron chi connectivity index (χ3n) is 3.04. The van der Waals surface area contributed by atoms with Crippen molar-refractivity contribution in [3.8, 4) is 0 Å². The number of thioether (sulfide) groups is 1. The Kier molecular flexibility index (Phi) is 6.21. The lowest BCUT2D eigenvalue weighted by Crippen LogP contribution is -2.14. The van der Waals surface area contributed by atoms with Crippen molar-refractivity contribution in [1.82, 2.24) is 9.55 Å². The summed E-state index contributed by atoms with van der Waals surface area (Å²) in [6.45, 7) is 6.26. The van der Waals surface area contributed by atoms with Crippen LogP contribution in [0.3, 0.4) is 0 Å². The molecule has 0 aliphatic rings. The maximum absolute atomic E-state index is 11.6. The average Bonchev–Trinajstić information content (AvgIpc) is 2.75. The monoisotopic (exact) mass is 285 g/mol. The highest BCUT2D eigenvalue weighted by molar-refractivity contribution is 7.99. The van der Waals surface area contributed by atoms with E-state index in [1.807, 2.05) is 23.3 Å². The molecule has 0 aliphatic heterocycles. The van der Waals surface area contributed by atoms with E-state index in [0.29, 0.717) is 5.82 Å². The number of anilines is 1. The molecule has 108 valence electrons. The van der Waals surface area contributed by atoms with E-state index in [1.54, 1.807) is 0 Å². The quantitative estimate of drug-likeness (QED) is 0.616. The Morgan fingerprint density at radius 2 is 2.21 bits per heavy atom. The van der Waals surface area contributed by atoms with Crippen molar-refractivity contribution in [3.63, 3.8) is 0 Å². The van der Waals surface area contributed by atoms with E-state index in [0.717, 1.165) is 30.2 Å². The third-order valence-corrected chi connectivity index (χ3v) is 3.97. The molecule has 0 bridgehead atoms. The first-order valence-corrected chi connectivity index (χ1v) is 7.74. The van der Waals surface area contributed by atoms with Gasteiger partial charge in [-0.2, -0.15) is 11.8 Å². The summed E-state index contributed by atoms with van der Waals surface area (Å²) in [4.78, 5) is 15.9. The zero-order valence-corrected chi connectivity index (χ0v) is 12.9. The van der Waals surface area contributed by atoms with Crippen LogP contribution in [0.15, 0.2) is 0 Å². The van der Waals surface area contributed by atoms with E-state index in [2.05, 4.69) is 18.8 Å². The fourth-order valence-corrected chi connectivity index (χ4v) is 2.81. The number of esters is 1. The molecule has 0 aliphatic carbocycles. The number of imidazole rings is 1. The second kappa shape index (κ2) is 7.43. The van der Waals surface area contributed by atoms with Crippen molar-refractivity contribution < 1.29 is 9.53 Å². The number of ether oxygens (including phenoxy) is 1. The Labute approximate surface area is 118 Å². The highest BCUT2D eigenvalue weighted by Gasteiger charge is 2.22. The minimum Gasteiger partial charge on any atom is -0.464 e. The van der Waals surface area contributed by atoms with E-state index in [9.17, 15) is 4.79 Å². The lowest BCUT2D eigenvalue weighted by Gasteiger charge is -2.17. The summed E-state index contributed by atoms with van der Waals surface area (Å²) < 4.78 is 6.67. The lowest BCUT2D eigenvalue weighted by atomic mass is 10.2. The highest BCUT2D eigenvalue weighted by atomic mass is 32.2. The van der Waals surface area contributed by atoms with Crippen LogP contribution in [0.4, 0.5) is 5.82 Å². The van der Waals surface area contributed by atoms with E-state index in [-0.39, 0.29) is 11.7 Å². The molecule has 0 amide bonds. The number of carbonyl (C=O) groups is 1. The van der Waals surface area contributed by atoms with E-state index in [4.69, 9.17) is 10.5 Å². The van der Waals surface area contributed by atoms with E-state index in [1.165, 1.54) is 7.11 Å². The van der Waals surface area contributed by atoms with Crippen molar-refractivity contribution in [1.29, 1.82) is 0 Å². The summed E-state index contributed by atoms with van der Waals surface area (Å²) in [7, 11) is 1.34. The second-order valence-electron chi connectivity index (χ2n) is 4.31. The Balaban J connectivity index is 2.98. The predicted molar refractivity (Wildman–Crippen MR) is 79.7 cm³/mol. The normalized spacial score (nSPS) is 12.4. The van der Waals surface area contributed by atoms with Crippen LogP contribution in [0.1, 0.15) is 49.5 Å². The van der Waals surface area contributed by atoms with Gasteiger partial charge in [0.1, 0.15) is 11.6 Å². The van der Waals surface area contributed by atoms with Gasteiger partial charge in [-0.1, -0.05) is 13.8 Å². The molecule has 0 fully saturated rings. The van der Waals surface area contributed by atoms with Crippen LogP contribution in [0.2, 0.25) is 0 Å². The smallest absolute Gasteiger partial charge is 0.360 e. The number of hydrogen-bond acceptors (Lipinski definition) is 5. The molecule has 1 heterocycles.